The minimum Gasteiger partial charge on any atom is -0.483 e. The highest BCUT2D eigenvalue weighted by Crippen LogP contribution is 2.27. The third kappa shape index (κ3) is 6.67. The minimum atomic E-state index is -0.447. The number of hydrogen-bond donors (Lipinski definition) is 1. The second-order valence-electron chi connectivity index (χ2n) is 6.94. The van der Waals surface area contributed by atoms with Gasteiger partial charge in [0, 0.05) is 11.0 Å². The van der Waals surface area contributed by atoms with Gasteiger partial charge in [0.1, 0.15) is 10.6 Å². The van der Waals surface area contributed by atoms with E-state index in [-0.39, 0.29) is 24.4 Å². The first kappa shape index (κ1) is 25.9. The third-order valence-electron chi connectivity index (χ3n) is 4.38. The molecule has 1 atom stereocenters. The van der Waals surface area contributed by atoms with Crippen LogP contribution in [0.3, 0.4) is 0 Å². The molecule has 2 aromatic heterocycles. The van der Waals surface area contributed by atoms with Crippen molar-refractivity contribution < 1.29 is 19.1 Å². The molecule has 1 aromatic carbocycles. The fraction of sp³-hybridized carbons (Fsp3) is 0.318. The van der Waals surface area contributed by atoms with E-state index in [1.165, 1.54) is 11.8 Å². The molecule has 0 aliphatic heterocycles. The largest absolute Gasteiger partial charge is 0.483 e. The Kier molecular flexibility index (Phi) is 9.25. The van der Waals surface area contributed by atoms with E-state index < -0.39 is 5.97 Å². The van der Waals surface area contributed by atoms with Crippen molar-refractivity contribution in [2.45, 2.75) is 38.6 Å². The summed E-state index contributed by atoms with van der Waals surface area (Å²) in [6.45, 7) is 9.86. The molecule has 1 unspecified atom stereocenters. The van der Waals surface area contributed by atoms with Gasteiger partial charge in [-0.25, -0.2) is 9.78 Å². The SMILES string of the molecule is C=CCn1c(SCC(=O)Nc2nc(C)c(C(=O)OCC)s2)nnc1C(C)Oc1ccc(Br)cc1. The number of aromatic nitrogens is 4. The third-order valence-corrected chi connectivity index (χ3v) is 6.93. The van der Waals surface area contributed by atoms with Crippen LogP contribution in [0.2, 0.25) is 0 Å². The summed E-state index contributed by atoms with van der Waals surface area (Å²) in [6.07, 6.45) is 1.37. The summed E-state index contributed by atoms with van der Waals surface area (Å²) < 4.78 is 13.8. The first-order valence-corrected chi connectivity index (χ1v) is 12.9. The van der Waals surface area contributed by atoms with Gasteiger partial charge in [0.25, 0.3) is 0 Å². The Bertz CT molecular complexity index is 1160. The van der Waals surface area contributed by atoms with E-state index in [1.807, 2.05) is 35.8 Å². The van der Waals surface area contributed by atoms with Crippen LogP contribution in [0.1, 0.15) is 41.1 Å². The summed E-state index contributed by atoms with van der Waals surface area (Å²) in [5.74, 6) is 0.698. The predicted molar refractivity (Wildman–Crippen MR) is 136 cm³/mol. The summed E-state index contributed by atoms with van der Waals surface area (Å²) >= 11 is 5.73. The zero-order valence-electron chi connectivity index (χ0n) is 18.9. The summed E-state index contributed by atoms with van der Waals surface area (Å²) in [4.78, 5) is 29.1. The molecule has 0 saturated heterocycles. The van der Waals surface area contributed by atoms with E-state index in [1.54, 1.807) is 19.9 Å². The van der Waals surface area contributed by atoms with E-state index in [0.717, 1.165) is 15.8 Å². The number of rotatable bonds is 11. The van der Waals surface area contributed by atoms with Crippen molar-refractivity contribution in [3.8, 4) is 5.75 Å². The van der Waals surface area contributed by atoms with Crippen LogP contribution in [0.25, 0.3) is 0 Å². The highest BCUT2D eigenvalue weighted by Gasteiger charge is 2.21. The Morgan fingerprint density at radius 2 is 2.06 bits per heavy atom. The molecule has 0 spiro atoms. The van der Waals surface area contributed by atoms with Crippen molar-refractivity contribution in [3.63, 3.8) is 0 Å². The quantitative estimate of drug-likeness (QED) is 0.196. The van der Waals surface area contributed by atoms with Crippen LogP contribution >= 0.6 is 39.0 Å². The molecule has 1 amide bonds. The van der Waals surface area contributed by atoms with E-state index in [2.05, 4.69) is 43.0 Å². The van der Waals surface area contributed by atoms with Crippen molar-refractivity contribution in [2.24, 2.45) is 0 Å². The van der Waals surface area contributed by atoms with Gasteiger partial charge in [-0.05, 0) is 45.0 Å². The van der Waals surface area contributed by atoms with Gasteiger partial charge in [0.15, 0.2) is 22.2 Å². The lowest BCUT2D eigenvalue weighted by Gasteiger charge is -2.15. The standard InChI is InChI=1S/C22H24BrN5O4S2/c1-5-11-28-19(14(4)32-16-9-7-15(23)8-10-16)26-27-22(28)33-12-17(29)25-21-24-13(3)18(34-21)20(30)31-6-2/h5,7-10,14H,1,6,11-12H2,2-4H3,(H,24,25,29). The van der Waals surface area contributed by atoms with Gasteiger partial charge in [0.2, 0.25) is 5.91 Å². The molecule has 0 bridgehead atoms. The van der Waals surface area contributed by atoms with Crippen LogP contribution in [0, 0.1) is 6.92 Å². The van der Waals surface area contributed by atoms with Gasteiger partial charge >= 0.3 is 5.97 Å². The number of benzene rings is 1. The number of anilines is 1. The van der Waals surface area contributed by atoms with E-state index in [9.17, 15) is 9.59 Å². The number of thioether (sulfide) groups is 1. The molecule has 1 N–H and O–H groups in total. The Morgan fingerprint density at radius 1 is 1.32 bits per heavy atom. The van der Waals surface area contributed by atoms with Crippen LogP contribution in [0.4, 0.5) is 5.13 Å². The lowest BCUT2D eigenvalue weighted by Crippen LogP contribution is -2.15. The van der Waals surface area contributed by atoms with Crippen LogP contribution in [0.15, 0.2) is 46.5 Å². The molecule has 9 nitrogen and oxygen atoms in total. The maximum absolute atomic E-state index is 12.5. The zero-order valence-corrected chi connectivity index (χ0v) is 22.1. The van der Waals surface area contributed by atoms with Gasteiger partial charge < -0.3 is 14.8 Å². The van der Waals surface area contributed by atoms with E-state index in [4.69, 9.17) is 9.47 Å². The highest BCUT2D eigenvalue weighted by molar-refractivity contribution is 9.10. The molecular weight excluding hydrogens is 542 g/mol. The fourth-order valence-corrected chi connectivity index (χ4v) is 4.80. The lowest BCUT2D eigenvalue weighted by atomic mass is 10.3. The Morgan fingerprint density at radius 3 is 2.74 bits per heavy atom. The first-order chi connectivity index (χ1) is 16.3. The molecule has 0 aliphatic rings. The summed E-state index contributed by atoms with van der Waals surface area (Å²) in [5.41, 5.74) is 0.515. The fourth-order valence-electron chi connectivity index (χ4n) is 2.90. The number of esters is 1. The van der Waals surface area contributed by atoms with Gasteiger partial charge in [-0.1, -0.05) is 45.1 Å². The van der Waals surface area contributed by atoms with Crippen molar-refractivity contribution in [1.82, 2.24) is 19.7 Å². The topological polar surface area (TPSA) is 108 Å². The second-order valence-corrected chi connectivity index (χ2v) is 9.80. The predicted octanol–water partition coefficient (Wildman–Crippen LogP) is 5.04. The van der Waals surface area contributed by atoms with Crippen LogP contribution in [-0.2, 0) is 16.1 Å². The minimum absolute atomic E-state index is 0.0879. The number of nitrogens with zero attached hydrogens (tertiary/aromatic N) is 4. The number of allylic oxidation sites excluding steroid dienone is 1. The molecular formula is C22H24BrN5O4S2. The smallest absolute Gasteiger partial charge is 0.350 e. The maximum atomic E-state index is 12.5. The maximum Gasteiger partial charge on any atom is 0.350 e. The number of aryl methyl sites for hydroxylation is 1. The Labute approximate surface area is 214 Å². The molecule has 34 heavy (non-hydrogen) atoms. The molecule has 2 heterocycles. The molecule has 3 aromatic rings. The molecule has 12 heteroatoms. The Hall–Kier alpha value is -2.70. The van der Waals surface area contributed by atoms with Crippen molar-refractivity contribution >= 4 is 56.0 Å². The highest BCUT2D eigenvalue weighted by atomic mass is 79.9. The zero-order chi connectivity index (χ0) is 24.7. The second kappa shape index (κ2) is 12.1. The van der Waals surface area contributed by atoms with Gasteiger partial charge in [-0.3, -0.25) is 9.36 Å². The normalized spacial score (nSPS) is 11.6. The monoisotopic (exact) mass is 565 g/mol. The molecule has 180 valence electrons. The number of nitrogens with one attached hydrogen (secondary N) is 1. The molecule has 0 fully saturated rings. The van der Waals surface area contributed by atoms with Crippen molar-refractivity contribution in [3.05, 3.63) is 57.8 Å². The van der Waals surface area contributed by atoms with Crippen LogP contribution in [0.5, 0.6) is 5.75 Å². The van der Waals surface area contributed by atoms with E-state index >= 15 is 0 Å². The van der Waals surface area contributed by atoms with E-state index in [0.29, 0.717) is 39.0 Å². The summed E-state index contributed by atoms with van der Waals surface area (Å²) in [5, 5.41) is 12.2. The number of halogens is 1. The van der Waals surface area contributed by atoms with Crippen LogP contribution < -0.4 is 10.1 Å². The molecule has 0 radical (unpaired) electrons. The van der Waals surface area contributed by atoms with Gasteiger partial charge in [-0.2, -0.15) is 0 Å². The number of ether oxygens (including phenoxy) is 2. The number of hydrogen-bond acceptors (Lipinski definition) is 9. The van der Waals surface area contributed by atoms with Gasteiger partial charge in [-0.15, -0.1) is 16.8 Å². The lowest BCUT2D eigenvalue weighted by molar-refractivity contribution is -0.113. The van der Waals surface area contributed by atoms with Crippen molar-refractivity contribution in [1.29, 1.82) is 0 Å². The van der Waals surface area contributed by atoms with Gasteiger partial charge in [0.05, 0.1) is 18.1 Å². The average molecular weight is 567 g/mol. The number of carbonyl (C=O) groups excluding carboxylic acids is 2. The molecule has 3 rings (SSSR count). The Balaban J connectivity index is 1.64. The molecule has 0 saturated carbocycles. The number of carbonyl (C=O) groups is 2. The van der Waals surface area contributed by atoms with Crippen molar-refractivity contribution in [2.75, 3.05) is 17.7 Å². The average Bonchev–Trinajstić information content (AvgIpc) is 3.37. The number of amides is 1. The molecule has 0 aliphatic carbocycles. The van der Waals surface area contributed by atoms with Crippen LogP contribution in [-0.4, -0.2) is 44.0 Å². The summed E-state index contributed by atoms with van der Waals surface area (Å²) in [6, 6.07) is 7.52. The number of thiazole rings is 1. The summed E-state index contributed by atoms with van der Waals surface area (Å²) in [7, 11) is 0. The first-order valence-electron chi connectivity index (χ1n) is 10.4.